The molecule has 0 radical (unpaired) electrons. The maximum atomic E-state index is 13.3. The Hall–Kier alpha value is -4.28. The summed E-state index contributed by atoms with van der Waals surface area (Å²) in [6.45, 7) is 3.57. The van der Waals surface area contributed by atoms with Crippen LogP contribution in [-0.4, -0.2) is 32.5 Å². The van der Waals surface area contributed by atoms with E-state index in [0.717, 1.165) is 0 Å². The number of nitrogens with two attached hydrogens (primary N) is 2. The lowest BCUT2D eigenvalue weighted by Crippen LogP contribution is -2.21. The number of amides is 3. The topological polar surface area (TPSA) is 158 Å². The van der Waals surface area contributed by atoms with Gasteiger partial charge in [-0.25, -0.2) is 9.07 Å². The Balaban J connectivity index is 1.75. The lowest BCUT2D eigenvalue weighted by molar-refractivity contribution is -0.115. The Morgan fingerprint density at radius 3 is 2.44 bits per heavy atom. The highest BCUT2D eigenvalue weighted by Gasteiger charge is 2.26. The number of nitrogen functional groups attached to an aromatic ring is 1. The number of rotatable bonds is 7. The first-order chi connectivity index (χ1) is 15.2. The van der Waals surface area contributed by atoms with Gasteiger partial charge < -0.3 is 22.1 Å². The van der Waals surface area contributed by atoms with Crippen LogP contribution < -0.4 is 22.1 Å². The summed E-state index contributed by atoms with van der Waals surface area (Å²) < 4.78 is 14.6. The van der Waals surface area contributed by atoms with Gasteiger partial charge in [0.05, 0.1) is 30.2 Å². The molecule has 2 heterocycles. The highest BCUT2D eigenvalue weighted by atomic mass is 19.1. The van der Waals surface area contributed by atoms with Gasteiger partial charge >= 0.3 is 0 Å². The highest BCUT2D eigenvalue weighted by Crippen LogP contribution is 2.22. The number of anilines is 3. The van der Waals surface area contributed by atoms with Crippen molar-refractivity contribution in [1.82, 2.24) is 14.8 Å². The SMILES string of the molecule is CC(C)n1nc(C(=O)Nc2cncc(NC(=O)Cc3cccc(F)c3)c2)c(C(N)=O)c1N. The fourth-order valence-electron chi connectivity index (χ4n) is 3.05. The van der Waals surface area contributed by atoms with Crippen molar-refractivity contribution >= 4 is 34.9 Å². The maximum Gasteiger partial charge on any atom is 0.277 e. The van der Waals surface area contributed by atoms with Crippen LogP contribution in [0.1, 0.15) is 46.3 Å². The molecule has 0 bridgehead atoms. The van der Waals surface area contributed by atoms with Crippen LogP contribution in [0.2, 0.25) is 0 Å². The van der Waals surface area contributed by atoms with Crippen LogP contribution in [0, 0.1) is 5.82 Å². The Labute approximate surface area is 182 Å². The van der Waals surface area contributed by atoms with Crippen LogP contribution in [0.3, 0.4) is 0 Å². The molecule has 0 aliphatic carbocycles. The molecule has 0 saturated carbocycles. The summed E-state index contributed by atoms with van der Waals surface area (Å²) in [6.07, 6.45) is 2.70. The molecular weight excluding hydrogens is 417 g/mol. The van der Waals surface area contributed by atoms with E-state index in [1.54, 1.807) is 19.9 Å². The maximum absolute atomic E-state index is 13.3. The van der Waals surface area contributed by atoms with Crippen LogP contribution in [0.5, 0.6) is 0 Å². The molecule has 0 unspecified atom stereocenters. The normalized spacial score (nSPS) is 10.8. The third kappa shape index (κ3) is 5.06. The minimum absolute atomic E-state index is 0.00543. The van der Waals surface area contributed by atoms with Crippen molar-refractivity contribution in [2.24, 2.45) is 5.73 Å². The average Bonchev–Trinajstić information content (AvgIpc) is 3.06. The zero-order chi connectivity index (χ0) is 23.4. The standard InChI is InChI=1S/C21H22FN7O3/c1-11(2)29-19(23)17(20(24)31)18(28-29)21(32)27-15-8-14(9-25-10-15)26-16(30)7-12-4-3-5-13(22)6-12/h3-6,8-11H,7,23H2,1-2H3,(H2,24,31)(H,26,30)(H,27,32). The predicted molar refractivity (Wildman–Crippen MR) is 116 cm³/mol. The van der Waals surface area contributed by atoms with E-state index in [1.807, 2.05) is 0 Å². The number of primary amides is 1. The van der Waals surface area contributed by atoms with Crippen LogP contribution in [0.15, 0.2) is 42.7 Å². The van der Waals surface area contributed by atoms with Crippen molar-refractivity contribution in [3.63, 3.8) is 0 Å². The highest BCUT2D eigenvalue weighted by molar-refractivity contribution is 6.12. The van der Waals surface area contributed by atoms with Crippen LogP contribution >= 0.6 is 0 Å². The predicted octanol–water partition coefficient (Wildman–Crippen LogP) is 2.11. The number of pyridine rings is 1. The van der Waals surface area contributed by atoms with E-state index in [1.165, 1.54) is 41.3 Å². The quantitative estimate of drug-likeness (QED) is 0.441. The third-order valence-corrected chi connectivity index (χ3v) is 4.43. The molecule has 10 nitrogen and oxygen atoms in total. The smallest absolute Gasteiger partial charge is 0.277 e. The molecule has 6 N–H and O–H groups in total. The Morgan fingerprint density at radius 1 is 1.12 bits per heavy atom. The summed E-state index contributed by atoms with van der Waals surface area (Å²) in [7, 11) is 0. The van der Waals surface area contributed by atoms with Gasteiger partial charge in [-0.3, -0.25) is 19.4 Å². The molecule has 1 aromatic carbocycles. The van der Waals surface area contributed by atoms with Crippen molar-refractivity contribution in [2.75, 3.05) is 16.4 Å². The van der Waals surface area contributed by atoms with Gasteiger partial charge in [0.25, 0.3) is 11.8 Å². The van der Waals surface area contributed by atoms with E-state index in [0.29, 0.717) is 11.3 Å². The average molecular weight is 439 g/mol. The number of carbonyl (C=O) groups is 3. The first kappa shape index (κ1) is 22.4. The Morgan fingerprint density at radius 2 is 1.81 bits per heavy atom. The van der Waals surface area contributed by atoms with Gasteiger partial charge in [-0.05, 0) is 37.6 Å². The number of aromatic nitrogens is 3. The molecular formula is C21H22FN7O3. The number of halogens is 1. The summed E-state index contributed by atoms with van der Waals surface area (Å²) >= 11 is 0. The second kappa shape index (κ2) is 9.25. The first-order valence-electron chi connectivity index (χ1n) is 9.64. The molecule has 0 atom stereocenters. The van der Waals surface area contributed by atoms with Crippen LogP contribution in [0.25, 0.3) is 0 Å². The lowest BCUT2D eigenvalue weighted by atomic mass is 10.1. The minimum atomic E-state index is -0.879. The molecule has 3 rings (SSSR count). The summed E-state index contributed by atoms with van der Waals surface area (Å²) in [5.41, 5.74) is 12.0. The van der Waals surface area contributed by atoms with Gasteiger partial charge in [0.1, 0.15) is 17.2 Å². The van der Waals surface area contributed by atoms with Gasteiger partial charge in [-0.15, -0.1) is 0 Å². The van der Waals surface area contributed by atoms with E-state index in [-0.39, 0.29) is 41.1 Å². The van der Waals surface area contributed by atoms with Crippen LogP contribution in [0.4, 0.5) is 21.6 Å². The van der Waals surface area contributed by atoms with Crippen molar-refractivity contribution in [2.45, 2.75) is 26.3 Å². The van der Waals surface area contributed by atoms with Crippen molar-refractivity contribution < 1.29 is 18.8 Å². The van der Waals surface area contributed by atoms with E-state index < -0.39 is 17.6 Å². The van der Waals surface area contributed by atoms with E-state index in [9.17, 15) is 18.8 Å². The fraction of sp³-hybridized carbons (Fsp3) is 0.190. The first-order valence-corrected chi connectivity index (χ1v) is 9.64. The summed E-state index contributed by atoms with van der Waals surface area (Å²) in [5, 5.41) is 9.30. The monoisotopic (exact) mass is 439 g/mol. The molecule has 0 saturated heterocycles. The van der Waals surface area contributed by atoms with E-state index in [2.05, 4.69) is 20.7 Å². The number of benzene rings is 1. The number of hydrogen-bond donors (Lipinski definition) is 4. The Kier molecular flexibility index (Phi) is 6.47. The number of carbonyl (C=O) groups excluding carboxylic acids is 3. The molecule has 0 aliphatic heterocycles. The van der Waals surface area contributed by atoms with Crippen molar-refractivity contribution in [3.05, 3.63) is 65.4 Å². The number of nitrogens with zero attached hydrogens (tertiary/aromatic N) is 3. The second-order valence-corrected chi connectivity index (χ2v) is 7.28. The Bertz CT molecular complexity index is 1190. The van der Waals surface area contributed by atoms with Crippen molar-refractivity contribution in [3.8, 4) is 0 Å². The minimum Gasteiger partial charge on any atom is -0.383 e. The van der Waals surface area contributed by atoms with Crippen molar-refractivity contribution in [1.29, 1.82) is 0 Å². The molecule has 0 spiro atoms. The fourth-order valence-corrected chi connectivity index (χ4v) is 3.05. The largest absolute Gasteiger partial charge is 0.383 e. The number of nitrogens with one attached hydrogen (secondary N) is 2. The van der Waals surface area contributed by atoms with Gasteiger partial charge in [0, 0.05) is 6.04 Å². The van der Waals surface area contributed by atoms with Gasteiger partial charge in [-0.1, -0.05) is 12.1 Å². The molecule has 3 aromatic rings. The van der Waals surface area contributed by atoms with Gasteiger partial charge in [0.15, 0.2) is 5.69 Å². The summed E-state index contributed by atoms with van der Waals surface area (Å²) in [4.78, 5) is 40.8. The lowest BCUT2D eigenvalue weighted by Gasteiger charge is -2.08. The molecule has 0 fully saturated rings. The molecule has 2 aromatic heterocycles. The van der Waals surface area contributed by atoms with Gasteiger partial charge in [0.2, 0.25) is 5.91 Å². The zero-order valence-electron chi connectivity index (χ0n) is 17.4. The summed E-state index contributed by atoms with van der Waals surface area (Å²) in [6, 6.07) is 6.99. The van der Waals surface area contributed by atoms with Gasteiger partial charge in [-0.2, -0.15) is 5.10 Å². The molecule has 11 heteroatoms. The second-order valence-electron chi connectivity index (χ2n) is 7.28. The van der Waals surface area contributed by atoms with E-state index >= 15 is 0 Å². The molecule has 166 valence electrons. The zero-order valence-corrected chi connectivity index (χ0v) is 17.4. The summed E-state index contributed by atoms with van der Waals surface area (Å²) in [5.74, 6) is -2.42. The molecule has 32 heavy (non-hydrogen) atoms. The van der Waals surface area contributed by atoms with E-state index in [4.69, 9.17) is 11.5 Å². The number of hydrogen-bond acceptors (Lipinski definition) is 6. The molecule has 0 aliphatic rings. The third-order valence-electron chi connectivity index (χ3n) is 4.43. The van der Waals surface area contributed by atoms with Crippen LogP contribution in [-0.2, 0) is 11.2 Å². The molecule has 3 amide bonds.